The molecule has 2 nitrogen and oxygen atoms in total. The van der Waals surface area contributed by atoms with Crippen LogP contribution in [-0.4, -0.2) is 12.1 Å². The Balaban J connectivity index is 2.71. The Morgan fingerprint density at radius 2 is 2.00 bits per heavy atom. The van der Waals surface area contributed by atoms with Gasteiger partial charge >= 0.3 is 0 Å². The predicted octanol–water partition coefficient (Wildman–Crippen LogP) is 3.83. The monoisotopic (exact) mass is 259 g/mol. The van der Waals surface area contributed by atoms with Gasteiger partial charge in [-0.3, -0.25) is 0 Å². The molecule has 1 aromatic carbocycles. The molecule has 0 N–H and O–H groups in total. The normalized spacial score (nSPS) is 11.0. The summed E-state index contributed by atoms with van der Waals surface area (Å²) < 4.78 is 18.1. The Kier molecular flexibility index (Phi) is 3.28. The van der Waals surface area contributed by atoms with E-state index >= 15 is 0 Å². The van der Waals surface area contributed by atoms with Crippen molar-refractivity contribution in [3.8, 4) is 0 Å². The topological polar surface area (TPSA) is 22.1 Å². The van der Waals surface area contributed by atoms with Gasteiger partial charge in [-0.2, -0.15) is 0 Å². The van der Waals surface area contributed by atoms with E-state index in [2.05, 4.69) is 4.98 Å². The summed E-state index contributed by atoms with van der Waals surface area (Å²) in [7, 11) is 1.56. The van der Waals surface area contributed by atoms with Crippen LogP contribution in [0.2, 0.25) is 10.0 Å². The lowest BCUT2D eigenvalue weighted by Gasteiger charge is -2.06. The fourth-order valence-electron chi connectivity index (χ4n) is 1.48. The Hall–Kier alpha value is -0.900. The second kappa shape index (κ2) is 4.53. The average Bonchev–Trinajstić information content (AvgIpc) is 2.20. The highest BCUT2D eigenvalue weighted by molar-refractivity contribution is 6.39. The van der Waals surface area contributed by atoms with Gasteiger partial charge in [0.25, 0.3) is 0 Å². The van der Waals surface area contributed by atoms with Crippen molar-refractivity contribution in [3.05, 3.63) is 39.8 Å². The van der Waals surface area contributed by atoms with E-state index in [0.29, 0.717) is 28.2 Å². The molecule has 0 atom stereocenters. The predicted molar refractivity (Wildman–Crippen MR) is 62.4 cm³/mol. The second-order valence-electron chi connectivity index (χ2n) is 3.31. The van der Waals surface area contributed by atoms with Crippen LogP contribution in [-0.2, 0) is 11.3 Å². The molecule has 0 radical (unpaired) electrons. The summed E-state index contributed by atoms with van der Waals surface area (Å²) in [6.07, 6.45) is 0. The molecule has 0 aliphatic carbocycles. The van der Waals surface area contributed by atoms with Crippen LogP contribution in [0.4, 0.5) is 4.39 Å². The molecule has 16 heavy (non-hydrogen) atoms. The fourth-order valence-corrected chi connectivity index (χ4v) is 2.00. The summed E-state index contributed by atoms with van der Waals surface area (Å²) in [5.74, 6) is -0.430. The first kappa shape index (κ1) is 11.6. The van der Waals surface area contributed by atoms with Gasteiger partial charge in [-0.05, 0) is 18.2 Å². The van der Waals surface area contributed by atoms with Gasteiger partial charge in [-0.15, -0.1) is 0 Å². The van der Waals surface area contributed by atoms with E-state index < -0.39 is 5.82 Å². The quantitative estimate of drug-likeness (QED) is 0.818. The van der Waals surface area contributed by atoms with Crippen LogP contribution in [0.25, 0.3) is 10.9 Å². The molecule has 0 unspecified atom stereocenters. The van der Waals surface area contributed by atoms with Crippen LogP contribution in [0.15, 0.2) is 18.2 Å². The highest BCUT2D eigenvalue weighted by Crippen LogP contribution is 2.29. The number of halogens is 3. The Bertz CT molecular complexity index is 545. The average molecular weight is 260 g/mol. The SMILES string of the molecule is COCc1cc(Cl)c2cc(F)cc(Cl)c2n1. The molecule has 2 rings (SSSR count). The summed E-state index contributed by atoms with van der Waals surface area (Å²) in [5, 5.41) is 1.17. The lowest BCUT2D eigenvalue weighted by molar-refractivity contribution is 0.182. The third-order valence-corrected chi connectivity index (χ3v) is 2.73. The van der Waals surface area contributed by atoms with E-state index in [1.54, 1.807) is 13.2 Å². The number of hydrogen-bond acceptors (Lipinski definition) is 2. The molecule has 0 aliphatic rings. The standard InChI is InChI=1S/C11H8Cl2FNO/c1-16-5-7-4-9(12)8-2-6(14)3-10(13)11(8)15-7/h2-4H,5H2,1H3. The minimum atomic E-state index is -0.430. The zero-order chi connectivity index (χ0) is 11.7. The molecule has 2 aromatic rings. The highest BCUT2D eigenvalue weighted by atomic mass is 35.5. The van der Waals surface area contributed by atoms with Crippen LogP contribution in [0.5, 0.6) is 0 Å². The number of nitrogens with zero attached hydrogens (tertiary/aromatic N) is 1. The molecule has 1 aromatic heterocycles. The minimum Gasteiger partial charge on any atom is -0.378 e. The first-order valence-electron chi connectivity index (χ1n) is 4.55. The maximum atomic E-state index is 13.1. The number of aromatic nitrogens is 1. The molecule has 5 heteroatoms. The first-order chi connectivity index (χ1) is 7.61. The summed E-state index contributed by atoms with van der Waals surface area (Å²) in [6.45, 7) is 0.337. The van der Waals surface area contributed by atoms with Crippen LogP contribution in [0.3, 0.4) is 0 Å². The maximum Gasteiger partial charge on any atom is 0.125 e. The van der Waals surface area contributed by atoms with Crippen LogP contribution in [0, 0.1) is 5.82 Å². The van der Waals surface area contributed by atoms with Crippen molar-refractivity contribution in [1.29, 1.82) is 0 Å². The highest BCUT2D eigenvalue weighted by Gasteiger charge is 2.09. The van der Waals surface area contributed by atoms with Crippen molar-refractivity contribution in [2.45, 2.75) is 6.61 Å². The molecule has 0 bridgehead atoms. The molecule has 0 fully saturated rings. The number of fused-ring (bicyclic) bond motifs is 1. The number of ether oxygens (including phenoxy) is 1. The van der Waals surface area contributed by atoms with E-state index in [-0.39, 0.29) is 5.02 Å². The van der Waals surface area contributed by atoms with Crippen molar-refractivity contribution < 1.29 is 9.13 Å². The van der Waals surface area contributed by atoms with Crippen molar-refractivity contribution in [2.75, 3.05) is 7.11 Å². The molecular formula is C11H8Cl2FNO. The number of hydrogen-bond donors (Lipinski definition) is 0. The summed E-state index contributed by atoms with van der Waals surface area (Å²) in [4.78, 5) is 4.26. The van der Waals surface area contributed by atoms with Gasteiger partial charge in [0.15, 0.2) is 0 Å². The molecule has 0 aliphatic heterocycles. The Morgan fingerprint density at radius 3 is 2.69 bits per heavy atom. The molecule has 0 saturated heterocycles. The minimum absolute atomic E-state index is 0.245. The lowest BCUT2D eigenvalue weighted by atomic mass is 10.2. The fraction of sp³-hybridized carbons (Fsp3) is 0.182. The van der Waals surface area contributed by atoms with E-state index in [0.717, 1.165) is 0 Å². The first-order valence-corrected chi connectivity index (χ1v) is 5.30. The Morgan fingerprint density at radius 1 is 1.25 bits per heavy atom. The largest absolute Gasteiger partial charge is 0.378 e. The van der Waals surface area contributed by atoms with Gasteiger partial charge in [0, 0.05) is 12.5 Å². The van der Waals surface area contributed by atoms with E-state index in [4.69, 9.17) is 27.9 Å². The van der Waals surface area contributed by atoms with Gasteiger partial charge in [-0.1, -0.05) is 23.2 Å². The summed E-state index contributed by atoms with van der Waals surface area (Å²) >= 11 is 11.9. The third-order valence-electron chi connectivity index (χ3n) is 2.13. The number of rotatable bonds is 2. The van der Waals surface area contributed by atoms with Gasteiger partial charge in [0.1, 0.15) is 5.82 Å². The van der Waals surface area contributed by atoms with E-state index in [1.165, 1.54) is 12.1 Å². The zero-order valence-electron chi connectivity index (χ0n) is 8.43. The second-order valence-corrected chi connectivity index (χ2v) is 4.13. The van der Waals surface area contributed by atoms with E-state index in [1.807, 2.05) is 0 Å². The van der Waals surface area contributed by atoms with Crippen LogP contribution >= 0.6 is 23.2 Å². The van der Waals surface area contributed by atoms with Crippen LogP contribution < -0.4 is 0 Å². The molecule has 0 saturated carbocycles. The number of pyridine rings is 1. The molecular weight excluding hydrogens is 252 g/mol. The van der Waals surface area contributed by atoms with Gasteiger partial charge in [-0.25, -0.2) is 9.37 Å². The smallest absolute Gasteiger partial charge is 0.125 e. The zero-order valence-corrected chi connectivity index (χ0v) is 9.94. The molecule has 1 heterocycles. The Labute approximate surface area is 102 Å². The molecule has 84 valence electrons. The van der Waals surface area contributed by atoms with Gasteiger partial charge < -0.3 is 4.74 Å². The third kappa shape index (κ3) is 2.12. The van der Waals surface area contributed by atoms with Crippen molar-refractivity contribution in [3.63, 3.8) is 0 Å². The maximum absolute atomic E-state index is 13.1. The van der Waals surface area contributed by atoms with Crippen molar-refractivity contribution in [2.24, 2.45) is 0 Å². The number of benzene rings is 1. The van der Waals surface area contributed by atoms with Gasteiger partial charge in [0.2, 0.25) is 0 Å². The summed E-state index contributed by atoms with van der Waals surface area (Å²) in [5.41, 5.74) is 1.15. The molecule has 0 spiro atoms. The number of methoxy groups -OCH3 is 1. The van der Waals surface area contributed by atoms with Crippen LogP contribution in [0.1, 0.15) is 5.69 Å². The lowest BCUT2D eigenvalue weighted by Crippen LogP contribution is -1.94. The van der Waals surface area contributed by atoms with Crippen molar-refractivity contribution in [1.82, 2.24) is 4.98 Å². The van der Waals surface area contributed by atoms with Crippen molar-refractivity contribution >= 4 is 34.1 Å². The van der Waals surface area contributed by atoms with Gasteiger partial charge in [0.05, 0.1) is 27.9 Å². The molecule has 0 amide bonds. The van der Waals surface area contributed by atoms with E-state index in [9.17, 15) is 4.39 Å². The summed E-state index contributed by atoms with van der Waals surface area (Å²) in [6, 6.07) is 4.17.